The van der Waals surface area contributed by atoms with E-state index in [-0.39, 0.29) is 11.9 Å². The number of nitrogens with one attached hydrogen (secondary N) is 3. The van der Waals surface area contributed by atoms with Crippen molar-refractivity contribution in [1.29, 1.82) is 0 Å². The van der Waals surface area contributed by atoms with Crippen molar-refractivity contribution in [1.82, 2.24) is 5.32 Å². The van der Waals surface area contributed by atoms with Crippen molar-refractivity contribution in [3.63, 3.8) is 0 Å². The van der Waals surface area contributed by atoms with Gasteiger partial charge in [0.2, 0.25) is 5.91 Å². The zero-order valence-electron chi connectivity index (χ0n) is 12.4. The van der Waals surface area contributed by atoms with E-state index in [1.165, 1.54) is 4.88 Å². The molecule has 1 heterocycles. The molecule has 5 nitrogen and oxygen atoms in total. The Balaban J connectivity index is 1.75. The van der Waals surface area contributed by atoms with Crippen LogP contribution in [0.4, 0.5) is 16.2 Å². The van der Waals surface area contributed by atoms with Gasteiger partial charge in [-0.25, -0.2) is 4.79 Å². The molecule has 6 heteroatoms. The van der Waals surface area contributed by atoms with Gasteiger partial charge in [-0.3, -0.25) is 4.79 Å². The molecule has 0 unspecified atom stereocenters. The van der Waals surface area contributed by atoms with E-state index in [2.05, 4.69) is 16.0 Å². The minimum absolute atomic E-state index is 0.0352. The smallest absolute Gasteiger partial charge is 0.319 e. The first kappa shape index (κ1) is 16.0. The maximum Gasteiger partial charge on any atom is 0.319 e. The van der Waals surface area contributed by atoms with Gasteiger partial charge in [0.25, 0.3) is 0 Å². The lowest BCUT2D eigenvalue weighted by Crippen LogP contribution is -2.30. The standard InChI is InChI=1S/C16H19N3O2S/c1-2-15(20)18-12-5-7-13(8-6-12)19-16(21)17-10-9-14-4-3-11-22-14/h3-8,11H,2,9-10H2,1H3,(H,18,20)(H2,17,19,21). The van der Waals surface area contributed by atoms with Crippen molar-refractivity contribution < 1.29 is 9.59 Å². The molecule has 0 aliphatic carbocycles. The largest absolute Gasteiger partial charge is 0.338 e. The maximum atomic E-state index is 11.8. The second-order valence-electron chi connectivity index (χ2n) is 4.69. The van der Waals surface area contributed by atoms with E-state index in [0.29, 0.717) is 18.7 Å². The van der Waals surface area contributed by atoms with Crippen LogP contribution < -0.4 is 16.0 Å². The molecule has 3 N–H and O–H groups in total. The van der Waals surface area contributed by atoms with Gasteiger partial charge >= 0.3 is 6.03 Å². The number of benzene rings is 1. The molecule has 0 fully saturated rings. The number of carbonyl (C=O) groups excluding carboxylic acids is 2. The van der Waals surface area contributed by atoms with Crippen LogP contribution in [0.1, 0.15) is 18.2 Å². The number of anilines is 2. The summed E-state index contributed by atoms with van der Waals surface area (Å²) in [6, 6.07) is 10.8. The van der Waals surface area contributed by atoms with Gasteiger partial charge in [-0.1, -0.05) is 13.0 Å². The Morgan fingerprint density at radius 1 is 1.05 bits per heavy atom. The molecule has 1 aromatic heterocycles. The first-order valence-corrected chi connectivity index (χ1v) is 8.02. The third-order valence-electron chi connectivity index (χ3n) is 2.98. The lowest BCUT2D eigenvalue weighted by Gasteiger charge is -2.08. The molecule has 1 aromatic carbocycles. The van der Waals surface area contributed by atoms with E-state index >= 15 is 0 Å². The molecular weight excluding hydrogens is 298 g/mol. The normalized spacial score (nSPS) is 10.0. The highest BCUT2D eigenvalue weighted by atomic mass is 32.1. The Kier molecular flexibility index (Phi) is 5.97. The summed E-state index contributed by atoms with van der Waals surface area (Å²) in [5, 5.41) is 10.3. The average molecular weight is 317 g/mol. The minimum Gasteiger partial charge on any atom is -0.338 e. The Labute approximate surface area is 133 Å². The number of hydrogen-bond acceptors (Lipinski definition) is 3. The second-order valence-corrected chi connectivity index (χ2v) is 5.72. The molecule has 2 aromatic rings. The highest BCUT2D eigenvalue weighted by Crippen LogP contribution is 2.13. The monoisotopic (exact) mass is 317 g/mol. The van der Waals surface area contributed by atoms with Crippen molar-refractivity contribution in [3.8, 4) is 0 Å². The molecule has 0 radical (unpaired) electrons. The Bertz CT molecular complexity index is 609. The van der Waals surface area contributed by atoms with Crippen LogP contribution in [0.2, 0.25) is 0 Å². The average Bonchev–Trinajstić information content (AvgIpc) is 3.02. The zero-order chi connectivity index (χ0) is 15.8. The lowest BCUT2D eigenvalue weighted by atomic mass is 10.2. The van der Waals surface area contributed by atoms with Crippen molar-refractivity contribution >= 4 is 34.6 Å². The molecule has 0 spiro atoms. The first-order valence-electron chi connectivity index (χ1n) is 7.14. The van der Waals surface area contributed by atoms with Crippen molar-refractivity contribution in [2.75, 3.05) is 17.2 Å². The second kappa shape index (κ2) is 8.19. The molecule has 0 bridgehead atoms. The molecule has 3 amide bonds. The Morgan fingerprint density at radius 3 is 2.32 bits per heavy atom. The van der Waals surface area contributed by atoms with Gasteiger partial charge < -0.3 is 16.0 Å². The Hall–Kier alpha value is -2.34. The van der Waals surface area contributed by atoms with Gasteiger partial charge in [0.15, 0.2) is 0 Å². The third-order valence-corrected chi connectivity index (χ3v) is 3.92. The summed E-state index contributed by atoms with van der Waals surface area (Å²) in [5.41, 5.74) is 1.40. The first-order chi connectivity index (χ1) is 10.7. The van der Waals surface area contributed by atoms with Crippen LogP contribution >= 0.6 is 11.3 Å². The quantitative estimate of drug-likeness (QED) is 0.763. The summed E-state index contributed by atoms with van der Waals surface area (Å²) in [4.78, 5) is 24.3. The van der Waals surface area contributed by atoms with Crippen LogP contribution in [0.3, 0.4) is 0 Å². The minimum atomic E-state index is -0.234. The molecule has 22 heavy (non-hydrogen) atoms. The topological polar surface area (TPSA) is 70.2 Å². The van der Waals surface area contributed by atoms with Gasteiger partial charge in [0, 0.05) is 29.2 Å². The molecule has 0 aliphatic rings. The van der Waals surface area contributed by atoms with Crippen LogP contribution in [0.5, 0.6) is 0 Å². The molecule has 0 saturated carbocycles. The van der Waals surface area contributed by atoms with E-state index in [1.807, 2.05) is 17.5 Å². The van der Waals surface area contributed by atoms with Crippen LogP contribution in [0.15, 0.2) is 41.8 Å². The predicted octanol–water partition coefficient (Wildman–Crippen LogP) is 3.46. The highest BCUT2D eigenvalue weighted by molar-refractivity contribution is 7.09. The number of thiophene rings is 1. The summed E-state index contributed by atoms with van der Waals surface area (Å²) < 4.78 is 0. The SMILES string of the molecule is CCC(=O)Nc1ccc(NC(=O)NCCc2cccs2)cc1. The van der Waals surface area contributed by atoms with Crippen molar-refractivity contribution in [2.24, 2.45) is 0 Å². The maximum absolute atomic E-state index is 11.8. The molecule has 0 saturated heterocycles. The van der Waals surface area contributed by atoms with Crippen LogP contribution in [-0.4, -0.2) is 18.5 Å². The van der Waals surface area contributed by atoms with E-state index in [1.54, 1.807) is 42.5 Å². The zero-order valence-corrected chi connectivity index (χ0v) is 13.2. The summed E-state index contributed by atoms with van der Waals surface area (Å²) in [7, 11) is 0. The van der Waals surface area contributed by atoms with Crippen molar-refractivity contribution in [2.45, 2.75) is 19.8 Å². The van der Waals surface area contributed by atoms with E-state index < -0.39 is 0 Å². The molecule has 0 aliphatic heterocycles. The third kappa shape index (κ3) is 5.21. The van der Waals surface area contributed by atoms with E-state index in [4.69, 9.17) is 0 Å². The molecule has 2 rings (SSSR count). The van der Waals surface area contributed by atoms with Crippen LogP contribution in [-0.2, 0) is 11.2 Å². The summed E-state index contributed by atoms with van der Waals surface area (Å²) in [6.07, 6.45) is 1.26. The number of urea groups is 1. The van der Waals surface area contributed by atoms with Crippen LogP contribution in [0, 0.1) is 0 Å². The molecule has 116 valence electrons. The van der Waals surface area contributed by atoms with Gasteiger partial charge in [0.1, 0.15) is 0 Å². The van der Waals surface area contributed by atoms with E-state index in [0.717, 1.165) is 12.1 Å². The molecule has 0 atom stereocenters. The number of hydrogen-bond donors (Lipinski definition) is 3. The fourth-order valence-corrected chi connectivity index (χ4v) is 2.52. The van der Waals surface area contributed by atoms with Crippen molar-refractivity contribution in [3.05, 3.63) is 46.7 Å². The van der Waals surface area contributed by atoms with Gasteiger partial charge in [-0.05, 0) is 42.1 Å². The summed E-state index contributed by atoms with van der Waals surface area (Å²) >= 11 is 1.68. The van der Waals surface area contributed by atoms with Gasteiger partial charge in [0.05, 0.1) is 0 Å². The summed E-state index contributed by atoms with van der Waals surface area (Å²) in [6.45, 7) is 2.39. The fraction of sp³-hybridized carbons (Fsp3) is 0.250. The summed E-state index contributed by atoms with van der Waals surface area (Å²) in [5.74, 6) is -0.0352. The number of rotatable bonds is 6. The number of amides is 3. The Morgan fingerprint density at radius 2 is 1.73 bits per heavy atom. The van der Waals surface area contributed by atoms with Gasteiger partial charge in [-0.2, -0.15) is 0 Å². The number of carbonyl (C=O) groups is 2. The van der Waals surface area contributed by atoms with E-state index in [9.17, 15) is 9.59 Å². The van der Waals surface area contributed by atoms with Gasteiger partial charge in [-0.15, -0.1) is 11.3 Å². The highest BCUT2D eigenvalue weighted by Gasteiger charge is 2.03. The lowest BCUT2D eigenvalue weighted by molar-refractivity contribution is -0.115. The predicted molar refractivity (Wildman–Crippen MR) is 90.4 cm³/mol. The van der Waals surface area contributed by atoms with Crippen LogP contribution in [0.25, 0.3) is 0 Å². The molecular formula is C16H19N3O2S. The fourth-order valence-electron chi connectivity index (χ4n) is 1.82.